The SMILES string of the molecule is COCCN(C)CC(=O)N1CCc2cc(OC)c(Nc3nc(Nc4ccsc4C(N)=O)c4cc[nH]c4n3)cc21. The average Bonchev–Trinajstić information content (AvgIpc) is 3.66. The lowest BCUT2D eigenvalue weighted by molar-refractivity contribution is -0.119. The van der Waals surface area contributed by atoms with Gasteiger partial charge in [-0.1, -0.05) is 0 Å². The van der Waals surface area contributed by atoms with Crippen molar-refractivity contribution in [3.8, 4) is 5.75 Å². The summed E-state index contributed by atoms with van der Waals surface area (Å²) in [5, 5.41) is 9.01. The van der Waals surface area contributed by atoms with Gasteiger partial charge < -0.3 is 35.7 Å². The molecule has 12 nitrogen and oxygen atoms in total. The summed E-state index contributed by atoms with van der Waals surface area (Å²) < 4.78 is 10.8. The Hall–Kier alpha value is -4.20. The van der Waals surface area contributed by atoms with Gasteiger partial charge in [-0.15, -0.1) is 11.3 Å². The van der Waals surface area contributed by atoms with Crippen molar-refractivity contribution in [2.75, 3.05) is 63.0 Å². The van der Waals surface area contributed by atoms with Crippen molar-refractivity contribution in [3.63, 3.8) is 0 Å². The van der Waals surface area contributed by atoms with Crippen LogP contribution in [0.1, 0.15) is 15.2 Å². The number of rotatable bonds is 11. The predicted octanol–water partition coefficient (Wildman–Crippen LogP) is 3.08. The first-order valence-corrected chi connectivity index (χ1v) is 13.2. The quantitative estimate of drug-likeness (QED) is 0.221. The molecular weight excluding hydrogens is 520 g/mol. The van der Waals surface area contributed by atoms with Gasteiger partial charge >= 0.3 is 0 Å². The number of aromatic amines is 1. The zero-order valence-corrected chi connectivity index (χ0v) is 22.7. The molecular formula is C26H30N8O4S. The van der Waals surface area contributed by atoms with Crippen LogP contribution in [0.25, 0.3) is 11.0 Å². The van der Waals surface area contributed by atoms with E-state index in [1.807, 2.05) is 30.1 Å². The van der Waals surface area contributed by atoms with E-state index >= 15 is 0 Å². The van der Waals surface area contributed by atoms with Crippen LogP contribution in [0.2, 0.25) is 0 Å². The summed E-state index contributed by atoms with van der Waals surface area (Å²) in [6.07, 6.45) is 2.50. The normalized spacial score (nSPS) is 12.7. The van der Waals surface area contributed by atoms with E-state index in [4.69, 9.17) is 15.2 Å². The monoisotopic (exact) mass is 550 g/mol. The number of likely N-dealkylation sites (N-methyl/N-ethyl adjacent to an activating group) is 1. The van der Waals surface area contributed by atoms with E-state index in [0.717, 1.165) is 23.1 Å². The minimum Gasteiger partial charge on any atom is -0.495 e. The molecule has 0 atom stereocenters. The summed E-state index contributed by atoms with van der Waals surface area (Å²) in [4.78, 5) is 41.5. The molecule has 0 aliphatic carbocycles. The number of nitrogens with two attached hydrogens (primary N) is 1. The third-order valence-electron chi connectivity index (χ3n) is 6.48. The average molecular weight is 551 g/mol. The van der Waals surface area contributed by atoms with Crippen LogP contribution >= 0.6 is 11.3 Å². The van der Waals surface area contributed by atoms with E-state index in [-0.39, 0.29) is 12.5 Å². The Labute approximate surface area is 229 Å². The molecule has 5 N–H and O–H groups in total. The summed E-state index contributed by atoms with van der Waals surface area (Å²) in [6, 6.07) is 7.46. The Morgan fingerprint density at radius 2 is 2.05 bits per heavy atom. The highest BCUT2D eigenvalue weighted by Gasteiger charge is 2.27. The van der Waals surface area contributed by atoms with Gasteiger partial charge in [0.2, 0.25) is 11.9 Å². The van der Waals surface area contributed by atoms with E-state index in [0.29, 0.717) is 59.1 Å². The Kier molecular flexibility index (Phi) is 7.63. The van der Waals surface area contributed by atoms with E-state index < -0.39 is 5.91 Å². The van der Waals surface area contributed by atoms with Crippen molar-refractivity contribution in [1.29, 1.82) is 0 Å². The number of nitrogens with zero attached hydrogens (tertiary/aromatic N) is 4. The minimum absolute atomic E-state index is 0.0139. The highest BCUT2D eigenvalue weighted by Crippen LogP contribution is 2.39. The molecule has 0 unspecified atom stereocenters. The molecule has 0 bridgehead atoms. The molecule has 3 aromatic heterocycles. The molecule has 4 aromatic rings. The number of hydrogen-bond acceptors (Lipinski definition) is 10. The van der Waals surface area contributed by atoms with Crippen LogP contribution in [0.5, 0.6) is 5.75 Å². The van der Waals surface area contributed by atoms with Crippen LogP contribution < -0.4 is 26.0 Å². The standard InChI is InChI=1S/C26H30N8O4S/c1-33(9-10-37-2)14-21(35)34-8-5-15-12-20(38-3)18(13-19(15)34)30-26-31-24-16(4-7-28-24)25(32-26)29-17-6-11-39-22(17)23(27)36/h4,6-7,11-13H,5,8-10,14H2,1-3H3,(H2,27,36)(H3,28,29,30,31,32). The van der Waals surface area contributed by atoms with E-state index in [9.17, 15) is 9.59 Å². The van der Waals surface area contributed by atoms with Crippen LogP contribution in [0.15, 0.2) is 35.8 Å². The van der Waals surface area contributed by atoms with Gasteiger partial charge in [-0.2, -0.15) is 9.97 Å². The Morgan fingerprint density at radius 3 is 2.82 bits per heavy atom. The fourth-order valence-corrected chi connectivity index (χ4v) is 5.22. The van der Waals surface area contributed by atoms with Crippen LogP contribution in [-0.2, 0) is 16.0 Å². The van der Waals surface area contributed by atoms with Gasteiger partial charge in [0, 0.05) is 32.1 Å². The summed E-state index contributed by atoms with van der Waals surface area (Å²) in [6.45, 7) is 2.11. The molecule has 0 spiro atoms. The number of primary amides is 1. The van der Waals surface area contributed by atoms with Gasteiger partial charge in [0.1, 0.15) is 22.1 Å². The number of hydrogen-bond donors (Lipinski definition) is 4. The lowest BCUT2D eigenvalue weighted by Crippen LogP contribution is -2.39. The third-order valence-corrected chi connectivity index (χ3v) is 7.41. The number of nitrogens with one attached hydrogen (secondary N) is 3. The molecule has 1 aromatic carbocycles. The maximum Gasteiger partial charge on any atom is 0.260 e. The van der Waals surface area contributed by atoms with E-state index in [2.05, 4.69) is 25.6 Å². The molecule has 0 saturated heterocycles. The second kappa shape index (κ2) is 11.3. The lowest BCUT2D eigenvalue weighted by atomic mass is 10.1. The number of anilines is 5. The number of amides is 2. The molecule has 39 heavy (non-hydrogen) atoms. The summed E-state index contributed by atoms with van der Waals surface area (Å²) >= 11 is 1.26. The van der Waals surface area contributed by atoms with Crippen molar-refractivity contribution in [2.24, 2.45) is 5.73 Å². The fraction of sp³-hybridized carbons (Fsp3) is 0.308. The lowest BCUT2D eigenvalue weighted by Gasteiger charge is -2.23. The van der Waals surface area contributed by atoms with Crippen LogP contribution in [0.3, 0.4) is 0 Å². The second-order valence-corrected chi connectivity index (χ2v) is 10.0. The highest BCUT2D eigenvalue weighted by molar-refractivity contribution is 7.12. The van der Waals surface area contributed by atoms with Crippen molar-refractivity contribution in [2.45, 2.75) is 6.42 Å². The number of carbonyl (C=O) groups is 2. The molecule has 0 saturated carbocycles. The Bertz CT molecular complexity index is 1520. The fourth-order valence-electron chi connectivity index (χ4n) is 4.52. The first-order chi connectivity index (χ1) is 18.9. The third kappa shape index (κ3) is 5.50. The zero-order chi connectivity index (χ0) is 27.5. The van der Waals surface area contributed by atoms with Gasteiger partial charge in [-0.25, -0.2) is 0 Å². The first kappa shape index (κ1) is 26.4. The number of benzene rings is 1. The zero-order valence-electron chi connectivity index (χ0n) is 21.9. The second-order valence-electron chi connectivity index (χ2n) is 9.12. The van der Waals surface area contributed by atoms with Crippen LogP contribution in [0.4, 0.5) is 28.8 Å². The van der Waals surface area contributed by atoms with Crippen LogP contribution in [0, 0.1) is 0 Å². The highest BCUT2D eigenvalue weighted by atomic mass is 32.1. The molecule has 204 valence electrons. The smallest absolute Gasteiger partial charge is 0.260 e. The van der Waals surface area contributed by atoms with E-state index in [1.165, 1.54) is 11.3 Å². The van der Waals surface area contributed by atoms with Gasteiger partial charge in [0.25, 0.3) is 5.91 Å². The number of carbonyl (C=O) groups excluding carboxylic acids is 2. The van der Waals surface area contributed by atoms with Gasteiger partial charge in [-0.05, 0) is 48.7 Å². The number of fused-ring (bicyclic) bond motifs is 2. The number of aromatic nitrogens is 3. The summed E-state index contributed by atoms with van der Waals surface area (Å²) in [7, 11) is 5.14. The van der Waals surface area contributed by atoms with Gasteiger partial charge in [0.05, 0.1) is 37.0 Å². The number of thiophene rings is 1. The topological polar surface area (TPSA) is 151 Å². The van der Waals surface area contributed by atoms with Crippen LogP contribution in [-0.4, -0.2) is 79.2 Å². The number of methoxy groups -OCH3 is 2. The maximum atomic E-state index is 13.1. The largest absolute Gasteiger partial charge is 0.495 e. The summed E-state index contributed by atoms with van der Waals surface area (Å²) in [5.41, 5.74) is 9.17. The van der Waals surface area contributed by atoms with Crippen molar-refractivity contribution in [1.82, 2.24) is 19.9 Å². The Morgan fingerprint density at radius 1 is 1.21 bits per heavy atom. The first-order valence-electron chi connectivity index (χ1n) is 12.3. The van der Waals surface area contributed by atoms with Gasteiger partial charge in [0.15, 0.2) is 0 Å². The minimum atomic E-state index is -0.517. The van der Waals surface area contributed by atoms with E-state index in [1.54, 1.807) is 36.8 Å². The summed E-state index contributed by atoms with van der Waals surface area (Å²) in [5.74, 6) is 0.910. The predicted molar refractivity (Wildman–Crippen MR) is 152 cm³/mol. The van der Waals surface area contributed by atoms with Crippen molar-refractivity contribution < 1.29 is 19.1 Å². The number of H-pyrrole nitrogens is 1. The molecule has 1 aliphatic heterocycles. The number of ether oxygens (including phenoxy) is 2. The maximum absolute atomic E-state index is 13.1. The van der Waals surface area contributed by atoms with Gasteiger partial charge in [-0.3, -0.25) is 14.5 Å². The molecule has 5 rings (SSSR count). The van der Waals surface area contributed by atoms with Crippen molar-refractivity contribution >= 4 is 63.0 Å². The Balaban J connectivity index is 1.44. The molecule has 0 fully saturated rings. The van der Waals surface area contributed by atoms with Crippen molar-refractivity contribution in [3.05, 3.63) is 46.3 Å². The molecule has 13 heteroatoms. The molecule has 0 radical (unpaired) electrons. The molecule has 4 heterocycles. The molecule has 2 amide bonds. The molecule has 1 aliphatic rings.